The lowest BCUT2D eigenvalue weighted by Gasteiger charge is -2.36. The van der Waals surface area contributed by atoms with Crippen LogP contribution in [0.15, 0.2) is 45.9 Å². The molecule has 2 aromatic heterocycles. The predicted molar refractivity (Wildman–Crippen MR) is 141 cm³/mol. The number of hydrogen-bond acceptors (Lipinski definition) is 6. The van der Waals surface area contributed by atoms with Crippen LogP contribution in [-0.2, 0) is 6.54 Å². The number of carbonyl (C=O) groups is 2. The van der Waals surface area contributed by atoms with E-state index >= 15 is 4.39 Å². The molecule has 0 atom stereocenters. The van der Waals surface area contributed by atoms with Gasteiger partial charge in [0.2, 0.25) is 5.43 Å². The van der Waals surface area contributed by atoms with E-state index in [1.807, 2.05) is 11.8 Å². The number of piperazine rings is 1. The van der Waals surface area contributed by atoms with E-state index in [0.29, 0.717) is 57.0 Å². The average Bonchev–Trinajstić information content (AvgIpc) is 3.46. The maximum atomic E-state index is 15.3. The summed E-state index contributed by atoms with van der Waals surface area (Å²) in [4.78, 5) is 44.3. The second kappa shape index (κ2) is 12.9. The molecule has 0 bridgehead atoms. The molecule has 38 heavy (non-hydrogen) atoms. The van der Waals surface area contributed by atoms with E-state index in [0.717, 1.165) is 13.1 Å². The van der Waals surface area contributed by atoms with Crippen molar-refractivity contribution < 1.29 is 30.8 Å². The highest BCUT2D eigenvalue weighted by Crippen LogP contribution is 2.26. The van der Waals surface area contributed by atoms with Crippen LogP contribution in [0.25, 0.3) is 10.9 Å². The van der Waals surface area contributed by atoms with Gasteiger partial charge < -0.3 is 41.4 Å². The molecular weight excluding hydrogens is 513 g/mol. The van der Waals surface area contributed by atoms with Crippen LogP contribution in [0.1, 0.15) is 41.7 Å². The minimum Gasteiger partial charge on any atom is -1.00 e. The summed E-state index contributed by atoms with van der Waals surface area (Å²) in [7, 11) is 0. The number of carbonyl (C=O) groups excluding carboxylic acids is 2. The molecule has 0 spiro atoms. The number of likely N-dealkylation sites (N-methyl/N-ethyl adjacent to an activating group) is 1. The average molecular weight is 547 g/mol. The summed E-state index contributed by atoms with van der Waals surface area (Å²) in [5.74, 6) is -0.892. The van der Waals surface area contributed by atoms with E-state index in [4.69, 9.17) is 4.42 Å². The van der Waals surface area contributed by atoms with Crippen molar-refractivity contribution in [3.05, 3.63) is 64.1 Å². The number of aryl methyl sites for hydroxylation is 1. The Balaban J connectivity index is 0.00000400. The second-order valence-electron chi connectivity index (χ2n) is 9.02. The van der Waals surface area contributed by atoms with Gasteiger partial charge in [0.1, 0.15) is 11.4 Å². The highest BCUT2D eigenvalue weighted by atomic mass is 35.5. The van der Waals surface area contributed by atoms with Gasteiger partial charge in [-0.05, 0) is 44.3 Å². The van der Waals surface area contributed by atoms with Gasteiger partial charge in [0.05, 0.1) is 17.5 Å². The zero-order chi connectivity index (χ0) is 26.5. The molecule has 0 aliphatic carbocycles. The molecule has 9 nitrogen and oxygen atoms in total. The molecule has 0 radical (unpaired) electrons. The Bertz CT molecular complexity index is 1320. The van der Waals surface area contributed by atoms with E-state index in [2.05, 4.69) is 24.1 Å². The minimum atomic E-state index is -0.530. The first kappa shape index (κ1) is 29.2. The topological polar surface area (TPSA) is 91.0 Å². The fourth-order valence-corrected chi connectivity index (χ4v) is 4.73. The Morgan fingerprint density at radius 1 is 1.11 bits per heavy atom. The van der Waals surface area contributed by atoms with Crippen LogP contribution < -0.4 is 28.1 Å². The first-order valence-electron chi connectivity index (χ1n) is 12.8. The number of nitrogens with one attached hydrogen (secondary N) is 1. The monoisotopic (exact) mass is 546 g/mol. The summed E-state index contributed by atoms with van der Waals surface area (Å²) in [5.41, 5.74) is 0.457. The smallest absolute Gasteiger partial charge is 0.289 e. The SMILES string of the molecule is CCN(CC)CCNC(=O)c1cn(CC)c2cc(N3CCN(C(=O)c4ccco4)CC3)c(F)cc2c1=O.[Cl-]. The van der Waals surface area contributed by atoms with Crippen molar-refractivity contribution in [3.8, 4) is 0 Å². The van der Waals surface area contributed by atoms with Gasteiger partial charge in [-0.25, -0.2) is 4.39 Å². The normalized spacial score (nSPS) is 13.6. The zero-order valence-corrected chi connectivity index (χ0v) is 22.8. The third-order valence-electron chi connectivity index (χ3n) is 6.98. The summed E-state index contributed by atoms with van der Waals surface area (Å²) in [6.07, 6.45) is 3.02. The molecule has 2 amide bonds. The van der Waals surface area contributed by atoms with Gasteiger partial charge >= 0.3 is 0 Å². The Morgan fingerprint density at radius 3 is 2.42 bits per heavy atom. The minimum absolute atomic E-state index is 0. The Labute approximate surface area is 227 Å². The maximum Gasteiger partial charge on any atom is 0.289 e. The fourth-order valence-electron chi connectivity index (χ4n) is 4.73. The molecule has 4 rings (SSSR count). The molecule has 1 N–H and O–H groups in total. The van der Waals surface area contributed by atoms with Gasteiger partial charge in [-0.2, -0.15) is 0 Å². The van der Waals surface area contributed by atoms with Crippen LogP contribution in [0.5, 0.6) is 0 Å². The lowest BCUT2D eigenvalue weighted by molar-refractivity contribution is -0.0000263. The molecule has 1 aromatic carbocycles. The van der Waals surface area contributed by atoms with Gasteiger partial charge in [-0.3, -0.25) is 14.4 Å². The number of hydrogen-bond donors (Lipinski definition) is 1. The molecule has 1 aliphatic heterocycles. The maximum absolute atomic E-state index is 15.3. The first-order valence-corrected chi connectivity index (χ1v) is 12.8. The summed E-state index contributed by atoms with van der Waals surface area (Å²) in [5, 5.41) is 2.99. The molecular formula is C27H34ClFN5O4-. The number of nitrogens with zero attached hydrogens (tertiary/aromatic N) is 4. The number of benzene rings is 1. The Morgan fingerprint density at radius 2 is 1.82 bits per heavy atom. The lowest BCUT2D eigenvalue weighted by atomic mass is 10.1. The van der Waals surface area contributed by atoms with Crippen molar-refractivity contribution in [1.29, 1.82) is 0 Å². The van der Waals surface area contributed by atoms with Crippen LogP contribution in [-0.4, -0.2) is 78.5 Å². The van der Waals surface area contributed by atoms with Gasteiger partial charge in [0.25, 0.3) is 11.8 Å². The zero-order valence-electron chi connectivity index (χ0n) is 22.0. The van der Waals surface area contributed by atoms with Crippen molar-refractivity contribution >= 4 is 28.4 Å². The number of rotatable bonds is 9. The van der Waals surface area contributed by atoms with Crippen molar-refractivity contribution in [3.63, 3.8) is 0 Å². The molecule has 0 unspecified atom stereocenters. The lowest BCUT2D eigenvalue weighted by Crippen LogP contribution is -3.00. The number of fused-ring (bicyclic) bond motifs is 1. The van der Waals surface area contributed by atoms with Crippen LogP contribution in [0, 0.1) is 5.82 Å². The first-order chi connectivity index (χ1) is 17.9. The molecule has 11 heteroatoms. The van der Waals surface area contributed by atoms with Crippen LogP contribution in [0.2, 0.25) is 0 Å². The van der Waals surface area contributed by atoms with E-state index in [-0.39, 0.29) is 35.0 Å². The molecule has 3 heterocycles. The summed E-state index contributed by atoms with van der Waals surface area (Å²) < 4.78 is 22.3. The summed E-state index contributed by atoms with van der Waals surface area (Å²) in [6.45, 7) is 11.1. The highest BCUT2D eigenvalue weighted by Gasteiger charge is 2.26. The molecule has 1 aliphatic rings. The van der Waals surface area contributed by atoms with Gasteiger partial charge in [0.15, 0.2) is 5.76 Å². The Kier molecular flexibility index (Phi) is 9.93. The summed E-state index contributed by atoms with van der Waals surface area (Å²) in [6, 6.07) is 6.19. The third-order valence-corrected chi connectivity index (χ3v) is 6.98. The number of aromatic nitrogens is 1. The molecule has 1 fully saturated rings. The number of furan rings is 1. The molecule has 206 valence electrons. The molecule has 0 saturated carbocycles. The predicted octanol–water partition coefficient (Wildman–Crippen LogP) is -0.208. The van der Waals surface area contributed by atoms with Crippen molar-refractivity contribution in [2.24, 2.45) is 0 Å². The standard InChI is InChI=1S/C27H34FN5O4.ClH/c1-4-30(5-2)10-9-29-26(35)20-18-31(6-3)22-17-23(21(28)16-19(22)25(20)34)32-11-13-33(14-12-32)27(36)24-8-7-15-37-24;/h7-8,15-18H,4-6,9-14H2,1-3H3,(H,29,35);1H/p-1. The van der Waals surface area contributed by atoms with Crippen LogP contribution in [0.4, 0.5) is 10.1 Å². The Hall–Kier alpha value is -3.37. The number of pyridine rings is 1. The quantitative estimate of drug-likeness (QED) is 0.399. The molecule has 1 saturated heterocycles. The number of amides is 2. The van der Waals surface area contributed by atoms with Crippen molar-refractivity contribution in [2.75, 3.05) is 57.3 Å². The van der Waals surface area contributed by atoms with Gasteiger partial charge in [-0.1, -0.05) is 13.8 Å². The molecule has 3 aromatic rings. The van der Waals surface area contributed by atoms with Gasteiger partial charge in [-0.15, -0.1) is 0 Å². The van der Waals surface area contributed by atoms with Crippen LogP contribution in [0.3, 0.4) is 0 Å². The number of halogens is 2. The largest absolute Gasteiger partial charge is 1.00 e. The van der Waals surface area contributed by atoms with E-state index in [1.54, 1.807) is 33.9 Å². The van der Waals surface area contributed by atoms with E-state index in [9.17, 15) is 14.4 Å². The fraction of sp³-hybridized carbons (Fsp3) is 0.444. The van der Waals surface area contributed by atoms with Crippen molar-refractivity contribution in [2.45, 2.75) is 27.3 Å². The van der Waals surface area contributed by atoms with Crippen LogP contribution >= 0.6 is 0 Å². The second-order valence-corrected chi connectivity index (χ2v) is 9.02. The van der Waals surface area contributed by atoms with Gasteiger partial charge in [0, 0.05) is 57.4 Å². The van der Waals surface area contributed by atoms with Crippen molar-refractivity contribution in [1.82, 2.24) is 19.7 Å². The highest BCUT2D eigenvalue weighted by molar-refractivity contribution is 5.98. The van der Waals surface area contributed by atoms with E-state index < -0.39 is 17.2 Å². The van der Waals surface area contributed by atoms with E-state index in [1.165, 1.54) is 12.3 Å². The summed E-state index contributed by atoms with van der Waals surface area (Å²) >= 11 is 0. The number of anilines is 1. The third kappa shape index (κ3) is 6.02.